The van der Waals surface area contributed by atoms with Crippen molar-refractivity contribution < 1.29 is 9.21 Å². The molecule has 30 heavy (non-hydrogen) atoms. The molecule has 1 fully saturated rings. The molecule has 3 aliphatic rings. The summed E-state index contributed by atoms with van der Waals surface area (Å²) < 4.78 is 5.94. The molecule has 160 valence electrons. The number of likely N-dealkylation sites (tertiary alicyclic amines) is 1. The number of carbonyl (C=O) groups excluding carboxylic acids is 1. The maximum absolute atomic E-state index is 13.3. The van der Waals surface area contributed by atoms with Gasteiger partial charge in [0.15, 0.2) is 0 Å². The van der Waals surface area contributed by atoms with Gasteiger partial charge in [0.05, 0.1) is 5.56 Å². The number of nitrogens with zero attached hydrogens (tertiary/aromatic N) is 4. The molecule has 4 heterocycles. The number of hydrogen-bond acceptors (Lipinski definition) is 5. The predicted molar refractivity (Wildman–Crippen MR) is 116 cm³/mol. The molecule has 0 atom stereocenters. The highest BCUT2D eigenvalue weighted by molar-refractivity contribution is 5.97. The number of hydrogen-bond donors (Lipinski definition) is 0. The normalized spacial score (nSPS) is 19.6. The molecule has 1 amide bonds. The average molecular weight is 409 g/mol. The third kappa shape index (κ3) is 3.30. The van der Waals surface area contributed by atoms with Gasteiger partial charge in [-0.15, -0.1) is 0 Å². The topological polar surface area (TPSA) is 62.5 Å². The molecule has 1 saturated heterocycles. The number of piperidine rings is 1. The van der Waals surface area contributed by atoms with Crippen molar-refractivity contribution in [3.8, 4) is 0 Å². The van der Waals surface area contributed by atoms with Crippen molar-refractivity contribution in [3.05, 3.63) is 39.7 Å². The molecule has 6 heteroatoms. The lowest BCUT2D eigenvalue weighted by Gasteiger charge is -2.33. The number of anilines is 1. The van der Waals surface area contributed by atoms with Crippen LogP contribution in [0.25, 0.3) is 0 Å². The second kappa shape index (κ2) is 7.71. The average Bonchev–Trinajstić information content (AvgIpc) is 3.09. The van der Waals surface area contributed by atoms with Crippen LogP contribution in [0.5, 0.6) is 0 Å². The number of fused-ring (bicyclic) bond motifs is 2. The zero-order chi connectivity index (χ0) is 20.8. The van der Waals surface area contributed by atoms with Crippen LogP contribution in [0.15, 0.2) is 4.42 Å². The molecule has 2 aromatic heterocycles. The molecule has 5 rings (SSSR count). The largest absolute Gasteiger partial charge is 0.465 e. The molecular formula is C24H32N4O2. The highest BCUT2D eigenvalue weighted by Crippen LogP contribution is 2.34. The van der Waals surface area contributed by atoms with E-state index in [9.17, 15) is 4.79 Å². The van der Waals surface area contributed by atoms with Gasteiger partial charge in [-0.1, -0.05) is 0 Å². The molecule has 1 aliphatic carbocycles. The number of amides is 1. The Morgan fingerprint density at radius 3 is 2.50 bits per heavy atom. The minimum atomic E-state index is 0.153. The zero-order valence-electron chi connectivity index (χ0n) is 18.5. The van der Waals surface area contributed by atoms with E-state index in [0.29, 0.717) is 5.92 Å². The van der Waals surface area contributed by atoms with Crippen molar-refractivity contribution in [2.45, 2.75) is 71.1 Å². The van der Waals surface area contributed by atoms with Gasteiger partial charge in [0.2, 0.25) is 0 Å². The zero-order valence-corrected chi connectivity index (χ0v) is 18.5. The van der Waals surface area contributed by atoms with Gasteiger partial charge in [0.1, 0.15) is 23.2 Å². The van der Waals surface area contributed by atoms with Gasteiger partial charge in [-0.2, -0.15) is 0 Å². The van der Waals surface area contributed by atoms with Crippen LogP contribution in [0, 0.1) is 13.8 Å². The number of aromatic nitrogens is 2. The summed E-state index contributed by atoms with van der Waals surface area (Å²) in [4.78, 5) is 27.4. The van der Waals surface area contributed by atoms with Crippen LogP contribution in [0.2, 0.25) is 0 Å². The van der Waals surface area contributed by atoms with Crippen molar-refractivity contribution in [2.75, 3.05) is 31.6 Å². The Balaban J connectivity index is 1.32. The highest BCUT2D eigenvalue weighted by atomic mass is 16.3. The van der Waals surface area contributed by atoms with Crippen LogP contribution in [-0.4, -0.2) is 47.5 Å². The van der Waals surface area contributed by atoms with Crippen molar-refractivity contribution in [2.24, 2.45) is 0 Å². The first kappa shape index (κ1) is 19.6. The van der Waals surface area contributed by atoms with Crippen molar-refractivity contribution in [3.63, 3.8) is 0 Å². The van der Waals surface area contributed by atoms with E-state index in [4.69, 9.17) is 14.4 Å². The standard InChI is InChI=1S/C24H32N4O2/c1-15-18-8-6-12-27(3)23(18)26-22(25-15)17-10-13-28(14-11-17)24(29)21-16(2)30-20-9-5-4-7-19(20)21/h17H,4-14H2,1-3H3. The summed E-state index contributed by atoms with van der Waals surface area (Å²) in [5, 5.41) is 0. The van der Waals surface area contributed by atoms with Crippen LogP contribution < -0.4 is 4.90 Å². The maximum atomic E-state index is 13.3. The van der Waals surface area contributed by atoms with Crippen LogP contribution >= 0.6 is 0 Å². The van der Waals surface area contributed by atoms with E-state index in [1.54, 1.807) is 0 Å². The van der Waals surface area contributed by atoms with Gasteiger partial charge in [-0.25, -0.2) is 9.97 Å². The third-order valence-electron chi connectivity index (χ3n) is 7.20. The molecule has 2 aromatic rings. The first-order chi connectivity index (χ1) is 14.5. The molecule has 0 unspecified atom stereocenters. The Morgan fingerprint density at radius 2 is 1.70 bits per heavy atom. The Bertz CT molecular complexity index is 972. The summed E-state index contributed by atoms with van der Waals surface area (Å²) in [5.41, 5.74) is 4.44. The molecular weight excluding hydrogens is 376 g/mol. The Hall–Kier alpha value is -2.37. The summed E-state index contributed by atoms with van der Waals surface area (Å²) in [6, 6.07) is 0. The van der Waals surface area contributed by atoms with Gasteiger partial charge in [0, 0.05) is 55.8 Å². The van der Waals surface area contributed by atoms with Gasteiger partial charge in [-0.3, -0.25) is 4.79 Å². The van der Waals surface area contributed by atoms with Crippen molar-refractivity contribution in [1.82, 2.24) is 14.9 Å². The van der Waals surface area contributed by atoms with E-state index >= 15 is 0 Å². The summed E-state index contributed by atoms with van der Waals surface area (Å²) in [6.07, 6.45) is 8.35. The third-order valence-corrected chi connectivity index (χ3v) is 7.20. The summed E-state index contributed by atoms with van der Waals surface area (Å²) in [7, 11) is 2.13. The number of aryl methyl sites for hydroxylation is 3. The fourth-order valence-electron chi connectivity index (χ4n) is 5.47. The lowest BCUT2D eigenvalue weighted by atomic mass is 9.92. The molecule has 2 aliphatic heterocycles. The second-order valence-corrected chi connectivity index (χ2v) is 9.20. The Morgan fingerprint density at radius 1 is 0.967 bits per heavy atom. The van der Waals surface area contributed by atoms with Gasteiger partial charge >= 0.3 is 0 Å². The van der Waals surface area contributed by atoms with Gasteiger partial charge < -0.3 is 14.2 Å². The Labute approximate surface area is 178 Å². The van der Waals surface area contributed by atoms with Crippen LogP contribution in [0.3, 0.4) is 0 Å². The number of furan rings is 1. The highest BCUT2D eigenvalue weighted by Gasteiger charge is 2.32. The first-order valence-electron chi connectivity index (χ1n) is 11.5. The van der Waals surface area contributed by atoms with Crippen molar-refractivity contribution >= 4 is 11.7 Å². The molecule has 6 nitrogen and oxygen atoms in total. The SMILES string of the molecule is Cc1nc(C2CCN(C(=O)c3c(C)oc4c3CCCC4)CC2)nc2c1CCCN2C. The number of carbonyl (C=O) groups is 1. The quantitative estimate of drug-likeness (QED) is 0.752. The first-order valence-corrected chi connectivity index (χ1v) is 11.5. The lowest BCUT2D eigenvalue weighted by molar-refractivity contribution is 0.0708. The van der Waals surface area contributed by atoms with Gasteiger partial charge in [-0.05, 0) is 58.8 Å². The molecule has 0 saturated carbocycles. The molecule has 0 spiro atoms. The molecule has 0 bridgehead atoms. The smallest absolute Gasteiger partial charge is 0.257 e. The van der Waals surface area contributed by atoms with E-state index in [1.165, 1.54) is 17.5 Å². The molecule has 0 radical (unpaired) electrons. The fourth-order valence-corrected chi connectivity index (χ4v) is 5.47. The summed E-state index contributed by atoms with van der Waals surface area (Å²) in [5.74, 6) is 4.39. The monoisotopic (exact) mass is 408 g/mol. The lowest BCUT2D eigenvalue weighted by Crippen LogP contribution is -2.39. The van der Waals surface area contributed by atoms with E-state index in [1.807, 2.05) is 11.8 Å². The summed E-state index contributed by atoms with van der Waals surface area (Å²) in [6.45, 7) is 6.64. The predicted octanol–water partition coefficient (Wildman–Crippen LogP) is 3.97. The Kier molecular flexibility index (Phi) is 5.03. The van der Waals surface area contributed by atoms with Gasteiger partial charge in [0.25, 0.3) is 5.91 Å². The minimum Gasteiger partial charge on any atom is -0.465 e. The van der Waals surface area contributed by atoms with Crippen LogP contribution in [0.4, 0.5) is 5.82 Å². The second-order valence-electron chi connectivity index (χ2n) is 9.20. The van der Waals surface area contributed by atoms with E-state index in [2.05, 4.69) is 18.9 Å². The fraction of sp³-hybridized carbons (Fsp3) is 0.625. The summed E-state index contributed by atoms with van der Waals surface area (Å²) >= 11 is 0. The van der Waals surface area contributed by atoms with E-state index in [-0.39, 0.29) is 5.91 Å². The molecule has 0 N–H and O–H groups in total. The van der Waals surface area contributed by atoms with Crippen LogP contribution in [0.1, 0.15) is 82.5 Å². The number of rotatable bonds is 2. The van der Waals surface area contributed by atoms with E-state index in [0.717, 1.165) is 99.0 Å². The molecule has 0 aromatic carbocycles. The minimum absolute atomic E-state index is 0.153. The van der Waals surface area contributed by atoms with Crippen molar-refractivity contribution in [1.29, 1.82) is 0 Å². The van der Waals surface area contributed by atoms with Crippen LogP contribution in [-0.2, 0) is 19.3 Å². The maximum Gasteiger partial charge on any atom is 0.257 e. The van der Waals surface area contributed by atoms with E-state index < -0.39 is 0 Å².